The Morgan fingerprint density at radius 2 is 1.86 bits per heavy atom. The van der Waals surface area contributed by atoms with E-state index in [1.54, 1.807) is 0 Å². The van der Waals surface area contributed by atoms with Crippen molar-refractivity contribution in [3.05, 3.63) is 29.8 Å². The van der Waals surface area contributed by atoms with Crippen LogP contribution in [0.3, 0.4) is 0 Å². The summed E-state index contributed by atoms with van der Waals surface area (Å²) in [6.45, 7) is 0. The third-order valence-electron chi connectivity index (χ3n) is 4.15. The number of carbonyl (C=O) groups is 2. The van der Waals surface area contributed by atoms with E-state index in [4.69, 9.17) is 5.11 Å². The van der Waals surface area contributed by atoms with Crippen molar-refractivity contribution in [1.29, 1.82) is 0 Å². The Labute approximate surface area is 125 Å². The fraction of sp³-hybridized carbons (Fsp3) is 0.529. The van der Waals surface area contributed by atoms with E-state index in [0.29, 0.717) is 18.8 Å². The molecule has 1 aliphatic rings. The molecule has 1 amide bonds. The van der Waals surface area contributed by atoms with Crippen LogP contribution >= 0.6 is 0 Å². The number of carboxylic acids is 1. The van der Waals surface area contributed by atoms with Crippen molar-refractivity contribution in [3.8, 4) is 0 Å². The van der Waals surface area contributed by atoms with Crippen LogP contribution in [-0.2, 0) is 16.0 Å². The van der Waals surface area contributed by atoms with E-state index in [-0.39, 0.29) is 12.3 Å². The molecule has 0 aliphatic heterocycles. The molecule has 0 spiro atoms. The van der Waals surface area contributed by atoms with E-state index in [1.165, 1.54) is 25.7 Å². The van der Waals surface area contributed by atoms with E-state index in [9.17, 15) is 9.59 Å². The second kappa shape index (κ2) is 7.81. The minimum absolute atomic E-state index is 0.0321. The molecule has 0 atom stereocenters. The van der Waals surface area contributed by atoms with Gasteiger partial charge in [-0.3, -0.25) is 9.59 Å². The number of nitrogens with one attached hydrogen (secondary N) is 1. The third-order valence-corrected chi connectivity index (χ3v) is 4.15. The molecular weight excluding hydrogens is 266 g/mol. The van der Waals surface area contributed by atoms with Crippen molar-refractivity contribution in [2.45, 2.75) is 51.4 Å². The summed E-state index contributed by atoms with van der Waals surface area (Å²) in [5, 5.41) is 11.7. The minimum Gasteiger partial charge on any atom is -0.481 e. The van der Waals surface area contributed by atoms with Gasteiger partial charge in [0.05, 0.1) is 0 Å². The number of hydrogen-bond acceptors (Lipinski definition) is 2. The number of hydrogen-bond donors (Lipinski definition) is 2. The first-order valence-electron chi connectivity index (χ1n) is 7.74. The Morgan fingerprint density at radius 3 is 2.57 bits per heavy atom. The fourth-order valence-electron chi connectivity index (χ4n) is 2.95. The summed E-state index contributed by atoms with van der Waals surface area (Å²) in [6, 6.07) is 7.43. The summed E-state index contributed by atoms with van der Waals surface area (Å²) < 4.78 is 0. The molecule has 1 fully saturated rings. The maximum absolute atomic E-state index is 12.0. The van der Waals surface area contributed by atoms with Gasteiger partial charge in [0.25, 0.3) is 0 Å². The molecule has 0 aromatic heterocycles. The lowest BCUT2D eigenvalue weighted by molar-refractivity contribution is -0.136. The zero-order chi connectivity index (χ0) is 15.1. The normalized spacial score (nSPS) is 15.0. The Morgan fingerprint density at radius 1 is 1.14 bits per heavy atom. The van der Waals surface area contributed by atoms with E-state index in [2.05, 4.69) is 5.32 Å². The highest BCUT2D eigenvalue weighted by Crippen LogP contribution is 2.28. The van der Waals surface area contributed by atoms with Crippen molar-refractivity contribution < 1.29 is 14.7 Å². The van der Waals surface area contributed by atoms with Crippen LogP contribution in [0.2, 0.25) is 0 Å². The number of aryl methyl sites for hydroxylation is 1. The summed E-state index contributed by atoms with van der Waals surface area (Å²) in [7, 11) is 0. The predicted octanol–water partition coefficient (Wildman–Crippen LogP) is 3.61. The number of aliphatic carboxylic acids is 1. The zero-order valence-corrected chi connectivity index (χ0v) is 12.3. The molecule has 4 heteroatoms. The highest BCUT2D eigenvalue weighted by molar-refractivity contribution is 5.91. The standard InChI is InChI=1S/C17H23NO3/c19-16(11-9-13-5-1-2-6-13)18-15-8-4-3-7-14(15)10-12-17(20)21/h3-4,7-8,13H,1-2,5-6,9-12H2,(H,18,19)(H,20,21). The highest BCUT2D eigenvalue weighted by atomic mass is 16.4. The van der Waals surface area contributed by atoms with Crippen molar-refractivity contribution >= 4 is 17.6 Å². The number of carboxylic acid groups (broad SMARTS) is 1. The Kier molecular flexibility index (Phi) is 5.78. The van der Waals surface area contributed by atoms with Crippen LogP contribution in [0.4, 0.5) is 5.69 Å². The number of carbonyl (C=O) groups excluding carboxylic acids is 1. The smallest absolute Gasteiger partial charge is 0.303 e. The number of anilines is 1. The summed E-state index contributed by atoms with van der Waals surface area (Å²) in [5.41, 5.74) is 1.63. The van der Waals surface area contributed by atoms with Gasteiger partial charge in [0.15, 0.2) is 0 Å². The average molecular weight is 289 g/mol. The molecule has 0 bridgehead atoms. The van der Waals surface area contributed by atoms with Gasteiger partial charge in [-0.25, -0.2) is 0 Å². The second-order valence-corrected chi connectivity index (χ2v) is 5.79. The van der Waals surface area contributed by atoms with Gasteiger partial charge in [0.2, 0.25) is 5.91 Å². The Bertz CT molecular complexity index is 493. The van der Waals surface area contributed by atoms with Crippen molar-refractivity contribution in [2.24, 2.45) is 5.92 Å². The number of rotatable bonds is 7. The van der Waals surface area contributed by atoms with E-state index in [0.717, 1.165) is 17.7 Å². The van der Waals surface area contributed by atoms with Crippen LogP contribution in [0.25, 0.3) is 0 Å². The van der Waals surface area contributed by atoms with E-state index >= 15 is 0 Å². The topological polar surface area (TPSA) is 66.4 Å². The lowest BCUT2D eigenvalue weighted by Crippen LogP contribution is -2.14. The quantitative estimate of drug-likeness (QED) is 0.805. The van der Waals surface area contributed by atoms with E-state index < -0.39 is 5.97 Å². The van der Waals surface area contributed by atoms with Gasteiger partial charge >= 0.3 is 5.97 Å². The molecule has 0 radical (unpaired) electrons. The number of amides is 1. The monoisotopic (exact) mass is 289 g/mol. The molecule has 21 heavy (non-hydrogen) atoms. The molecular formula is C17H23NO3. The minimum atomic E-state index is -0.822. The second-order valence-electron chi connectivity index (χ2n) is 5.79. The van der Waals surface area contributed by atoms with Crippen LogP contribution < -0.4 is 5.32 Å². The van der Waals surface area contributed by atoms with Gasteiger partial charge in [-0.1, -0.05) is 43.9 Å². The van der Waals surface area contributed by atoms with Gasteiger partial charge in [-0.2, -0.15) is 0 Å². The van der Waals surface area contributed by atoms with Crippen molar-refractivity contribution in [1.82, 2.24) is 0 Å². The van der Waals surface area contributed by atoms with Gasteiger partial charge in [-0.15, -0.1) is 0 Å². The number of benzene rings is 1. The molecule has 1 saturated carbocycles. The maximum atomic E-state index is 12.0. The van der Waals surface area contributed by atoms with Crippen LogP contribution in [-0.4, -0.2) is 17.0 Å². The Balaban J connectivity index is 1.85. The predicted molar refractivity (Wildman–Crippen MR) is 82.2 cm³/mol. The van der Waals surface area contributed by atoms with Crippen LogP contribution in [0.5, 0.6) is 0 Å². The van der Waals surface area contributed by atoms with Crippen LogP contribution in [0, 0.1) is 5.92 Å². The zero-order valence-electron chi connectivity index (χ0n) is 12.3. The first-order chi connectivity index (χ1) is 10.1. The largest absolute Gasteiger partial charge is 0.481 e. The first kappa shape index (κ1) is 15.5. The molecule has 1 aliphatic carbocycles. The molecule has 1 aromatic rings. The molecule has 0 saturated heterocycles. The van der Waals surface area contributed by atoms with E-state index in [1.807, 2.05) is 24.3 Å². The van der Waals surface area contributed by atoms with Gasteiger partial charge < -0.3 is 10.4 Å². The van der Waals surface area contributed by atoms with Crippen LogP contribution in [0.15, 0.2) is 24.3 Å². The molecule has 1 aromatic carbocycles. The highest BCUT2D eigenvalue weighted by Gasteiger charge is 2.16. The lowest BCUT2D eigenvalue weighted by atomic mass is 10.0. The molecule has 0 unspecified atom stereocenters. The first-order valence-corrected chi connectivity index (χ1v) is 7.74. The molecule has 114 valence electrons. The maximum Gasteiger partial charge on any atom is 0.303 e. The van der Waals surface area contributed by atoms with Crippen molar-refractivity contribution in [2.75, 3.05) is 5.32 Å². The van der Waals surface area contributed by atoms with Crippen LogP contribution in [0.1, 0.15) is 50.5 Å². The number of para-hydroxylation sites is 1. The summed E-state index contributed by atoms with van der Waals surface area (Å²) in [5.74, 6) is -0.0833. The summed E-state index contributed by atoms with van der Waals surface area (Å²) in [4.78, 5) is 22.7. The van der Waals surface area contributed by atoms with Crippen molar-refractivity contribution in [3.63, 3.8) is 0 Å². The van der Waals surface area contributed by atoms with Gasteiger partial charge in [0.1, 0.15) is 0 Å². The lowest BCUT2D eigenvalue weighted by Gasteiger charge is -2.12. The van der Waals surface area contributed by atoms with Gasteiger partial charge in [-0.05, 0) is 30.4 Å². The SMILES string of the molecule is O=C(O)CCc1ccccc1NC(=O)CCC1CCCC1. The molecule has 4 nitrogen and oxygen atoms in total. The fourth-order valence-corrected chi connectivity index (χ4v) is 2.95. The molecule has 0 heterocycles. The summed E-state index contributed by atoms with van der Waals surface area (Å²) >= 11 is 0. The summed E-state index contributed by atoms with van der Waals surface area (Å²) in [6.07, 6.45) is 7.13. The molecule has 2 N–H and O–H groups in total. The Hall–Kier alpha value is -1.84. The third kappa shape index (κ3) is 5.21. The molecule has 2 rings (SSSR count). The average Bonchev–Trinajstić information content (AvgIpc) is 2.97. The van der Waals surface area contributed by atoms with Gasteiger partial charge in [0, 0.05) is 18.5 Å².